The maximum Gasteiger partial charge on any atom is 0.0483 e. The first kappa shape index (κ1) is 15.5. The minimum absolute atomic E-state index is 0.218. The average molecular weight is 274 g/mol. The molecule has 2 nitrogen and oxygen atoms in total. The second kappa shape index (κ2) is 5.87. The van der Waals surface area contributed by atoms with Gasteiger partial charge in [0.1, 0.15) is 0 Å². The van der Waals surface area contributed by atoms with Crippen molar-refractivity contribution in [2.24, 2.45) is 0 Å². The van der Waals surface area contributed by atoms with E-state index < -0.39 is 0 Å². The van der Waals surface area contributed by atoms with Crippen molar-refractivity contribution in [2.75, 3.05) is 26.7 Å². The number of piperazine rings is 1. The summed E-state index contributed by atoms with van der Waals surface area (Å²) in [4.78, 5) is 5.14. The molecule has 112 valence electrons. The minimum Gasteiger partial charge on any atom is -0.303 e. The molecule has 1 saturated heterocycles. The van der Waals surface area contributed by atoms with Gasteiger partial charge in [-0.2, -0.15) is 0 Å². The van der Waals surface area contributed by atoms with Gasteiger partial charge in [-0.1, -0.05) is 38.1 Å². The molecule has 0 amide bonds. The van der Waals surface area contributed by atoms with Crippen molar-refractivity contribution < 1.29 is 0 Å². The van der Waals surface area contributed by atoms with Crippen LogP contribution in [0.4, 0.5) is 0 Å². The zero-order valence-electron chi connectivity index (χ0n) is 14.0. The molecule has 1 aromatic carbocycles. The summed E-state index contributed by atoms with van der Waals surface area (Å²) >= 11 is 0. The van der Waals surface area contributed by atoms with E-state index in [9.17, 15) is 0 Å². The SMILES string of the molecule is CC(C)c1ccccc1[C@H]1CN(C)CCN1C(C)(C)C. The molecule has 0 radical (unpaired) electrons. The maximum atomic E-state index is 2.67. The third kappa shape index (κ3) is 3.24. The Morgan fingerprint density at radius 3 is 2.35 bits per heavy atom. The van der Waals surface area contributed by atoms with Crippen LogP contribution in [0.2, 0.25) is 0 Å². The zero-order chi connectivity index (χ0) is 14.9. The van der Waals surface area contributed by atoms with Gasteiger partial charge in [0, 0.05) is 31.2 Å². The van der Waals surface area contributed by atoms with E-state index >= 15 is 0 Å². The minimum atomic E-state index is 0.218. The Bertz CT molecular complexity index is 445. The molecule has 0 aliphatic carbocycles. The van der Waals surface area contributed by atoms with Gasteiger partial charge in [0.05, 0.1) is 0 Å². The lowest BCUT2D eigenvalue weighted by atomic mass is 9.88. The number of likely N-dealkylation sites (N-methyl/N-ethyl adjacent to an activating group) is 1. The summed E-state index contributed by atoms with van der Waals surface area (Å²) in [5.74, 6) is 0.584. The highest BCUT2D eigenvalue weighted by atomic mass is 15.3. The van der Waals surface area contributed by atoms with E-state index in [-0.39, 0.29) is 5.54 Å². The molecule has 1 aliphatic heterocycles. The van der Waals surface area contributed by atoms with Gasteiger partial charge >= 0.3 is 0 Å². The second-order valence-corrected chi connectivity index (χ2v) is 7.43. The van der Waals surface area contributed by atoms with Gasteiger partial charge in [-0.15, -0.1) is 0 Å². The van der Waals surface area contributed by atoms with Crippen LogP contribution in [0.3, 0.4) is 0 Å². The molecule has 1 atom stereocenters. The van der Waals surface area contributed by atoms with Crippen LogP contribution in [0, 0.1) is 0 Å². The average Bonchev–Trinajstić information content (AvgIpc) is 2.37. The van der Waals surface area contributed by atoms with E-state index in [0.29, 0.717) is 12.0 Å². The van der Waals surface area contributed by atoms with Crippen molar-refractivity contribution in [1.82, 2.24) is 9.80 Å². The van der Waals surface area contributed by atoms with E-state index in [0.717, 1.165) is 19.6 Å². The highest BCUT2D eigenvalue weighted by Gasteiger charge is 2.34. The van der Waals surface area contributed by atoms with Gasteiger partial charge in [-0.25, -0.2) is 0 Å². The van der Waals surface area contributed by atoms with Crippen LogP contribution in [-0.4, -0.2) is 42.0 Å². The smallest absolute Gasteiger partial charge is 0.0483 e. The first-order chi connectivity index (χ1) is 9.30. The molecule has 0 aromatic heterocycles. The Morgan fingerprint density at radius 1 is 1.10 bits per heavy atom. The van der Waals surface area contributed by atoms with E-state index in [1.807, 2.05) is 0 Å². The van der Waals surface area contributed by atoms with Crippen LogP contribution >= 0.6 is 0 Å². The quantitative estimate of drug-likeness (QED) is 0.807. The summed E-state index contributed by atoms with van der Waals surface area (Å²) in [5, 5.41) is 0. The fourth-order valence-electron chi connectivity index (χ4n) is 3.33. The number of benzene rings is 1. The molecule has 0 bridgehead atoms. The zero-order valence-corrected chi connectivity index (χ0v) is 14.0. The third-order valence-electron chi connectivity index (χ3n) is 4.42. The molecule has 2 rings (SSSR count). The highest BCUT2D eigenvalue weighted by Crippen LogP contribution is 2.35. The van der Waals surface area contributed by atoms with Crippen LogP contribution in [0.15, 0.2) is 24.3 Å². The maximum absolute atomic E-state index is 2.67. The molecule has 1 aromatic rings. The second-order valence-electron chi connectivity index (χ2n) is 7.43. The van der Waals surface area contributed by atoms with Gasteiger partial charge in [0.25, 0.3) is 0 Å². The molecule has 0 N–H and O–H groups in total. The Morgan fingerprint density at radius 2 is 1.75 bits per heavy atom. The summed E-state index contributed by atoms with van der Waals surface area (Å²) < 4.78 is 0. The van der Waals surface area contributed by atoms with Gasteiger partial charge < -0.3 is 4.90 Å². The van der Waals surface area contributed by atoms with Crippen LogP contribution in [0.5, 0.6) is 0 Å². The predicted octanol–water partition coefficient (Wildman–Crippen LogP) is 3.90. The van der Waals surface area contributed by atoms with Crippen molar-refractivity contribution in [2.45, 2.75) is 52.1 Å². The fourth-order valence-corrected chi connectivity index (χ4v) is 3.33. The molecule has 20 heavy (non-hydrogen) atoms. The van der Waals surface area contributed by atoms with Crippen molar-refractivity contribution >= 4 is 0 Å². The first-order valence-corrected chi connectivity index (χ1v) is 7.85. The number of hydrogen-bond acceptors (Lipinski definition) is 2. The normalized spacial score (nSPS) is 22.4. The Balaban J connectivity index is 2.41. The van der Waals surface area contributed by atoms with Crippen LogP contribution in [0.1, 0.15) is 57.7 Å². The molecule has 1 fully saturated rings. The van der Waals surface area contributed by atoms with Crippen LogP contribution < -0.4 is 0 Å². The summed E-state index contributed by atoms with van der Waals surface area (Å²) in [6, 6.07) is 9.50. The van der Waals surface area contributed by atoms with Crippen molar-refractivity contribution in [3.63, 3.8) is 0 Å². The van der Waals surface area contributed by atoms with Crippen LogP contribution in [-0.2, 0) is 0 Å². The molecule has 0 unspecified atom stereocenters. The van der Waals surface area contributed by atoms with E-state index in [4.69, 9.17) is 0 Å². The van der Waals surface area contributed by atoms with Crippen LogP contribution in [0.25, 0.3) is 0 Å². The first-order valence-electron chi connectivity index (χ1n) is 7.85. The molecular weight excluding hydrogens is 244 g/mol. The molecule has 2 heteroatoms. The Labute approximate surface area is 124 Å². The third-order valence-corrected chi connectivity index (χ3v) is 4.42. The van der Waals surface area contributed by atoms with Crippen molar-refractivity contribution in [1.29, 1.82) is 0 Å². The van der Waals surface area contributed by atoms with E-state index in [2.05, 4.69) is 75.7 Å². The summed E-state index contributed by atoms with van der Waals surface area (Å²) in [6.07, 6.45) is 0. The van der Waals surface area contributed by atoms with Gasteiger partial charge in [0.15, 0.2) is 0 Å². The summed E-state index contributed by atoms with van der Waals surface area (Å²) in [6.45, 7) is 15.0. The van der Waals surface area contributed by atoms with Gasteiger partial charge in [-0.3, -0.25) is 4.90 Å². The largest absolute Gasteiger partial charge is 0.303 e. The molecule has 1 heterocycles. The van der Waals surface area contributed by atoms with Gasteiger partial charge in [0.2, 0.25) is 0 Å². The number of rotatable bonds is 2. The molecule has 0 spiro atoms. The van der Waals surface area contributed by atoms with E-state index in [1.165, 1.54) is 11.1 Å². The topological polar surface area (TPSA) is 6.48 Å². The summed E-state index contributed by atoms with van der Waals surface area (Å²) in [7, 11) is 2.24. The molecule has 0 saturated carbocycles. The lowest BCUT2D eigenvalue weighted by Crippen LogP contribution is -2.54. The highest BCUT2D eigenvalue weighted by molar-refractivity contribution is 5.33. The molecule has 1 aliphatic rings. The van der Waals surface area contributed by atoms with Crippen molar-refractivity contribution in [3.05, 3.63) is 35.4 Å². The van der Waals surface area contributed by atoms with E-state index in [1.54, 1.807) is 0 Å². The lowest BCUT2D eigenvalue weighted by molar-refractivity contribution is 0.0175. The number of hydrogen-bond donors (Lipinski definition) is 0. The Hall–Kier alpha value is -0.860. The predicted molar refractivity (Wildman–Crippen MR) is 87.2 cm³/mol. The lowest BCUT2D eigenvalue weighted by Gasteiger charge is -2.48. The molecular formula is C18H30N2. The monoisotopic (exact) mass is 274 g/mol. The van der Waals surface area contributed by atoms with Gasteiger partial charge in [-0.05, 0) is 44.9 Å². The fraction of sp³-hybridized carbons (Fsp3) is 0.667. The van der Waals surface area contributed by atoms with Crippen molar-refractivity contribution in [3.8, 4) is 0 Å². The summed E-state index contributed by atoms with van der Waals surface area (Å²) in [5.41, 5.74) is 3.24. The Kier molecular flexibility index (Phi) is 4.55. The number of nitrogens with zero attached hydrogens (tertiary/aromatic N) is 2. The standard InChI is InChI=1S/C18H30N2/c1-14(2)15-9-7-8-10-16(15)17-13-19(6)11-12-20(17)18(3,4)5/h7-10,14,17H,11-13H2,1-6H3/t17-/m1/s1.